The van der Waals surface area contributed by atoms with Crippen LogP contribution in [-0.4, -0.2) is 11.7 Å². The Hall–Kier alpha value is -1.70. The van der Waals surface area contributed by atoms with Crippen LogP contribution in [0.5, 0.6) is 11.5 Å². The summed E-state index contributed by atoms with van der Waals surface area (Å²) in [5, 5.41) is 9.02. The molecule has 0 saturated carbocycles. The first kappa shape index (κ1) is 10.4. The number of ether oxygens (including phenoxy) is 1. The first-order chi connectivity index (χ1) is 6.68. The molecule has 0 spiro atoms. The van der Waals surface area contributed by atoms with Crippen molar-refractivity contribution >= 4 is 0 Å². The van der Waals surface area contributed by atoms with Gasteiger partial charge in [0.2, 0.25) is 0 Å². The summed E-state index contributed by atoms with van der Waals surface area (Å²) in [5.74, 6) is 0.990. The van der Waals surface area contributed by atoms with Gasteiger partial charge in [-0.2, -0.15) is 0 Å². The van der Waals surface area contributed by atoms with Crippen LogP contribution in [0.4, 0.5) is 0 Å². The Labute approximate surface area is 84.1 Å². The molecule has 74 valence electrons. The molecule has 1 rings (SSSR count). The van der Waals surface area contributed by atoms with E-state index in [1.807, 2.05) is 19.1 Å². The van der Waals surface area contributed by atoms with Gasteiger partial charge in [0.25, 0.3) is 0 Å². The minimum Gasteiger partial charge on any atom is -0.508 e. The van der Waals surface area contributed by atoms with Crippen LogP contribution < -0.4 is 4.74 Å². The molecule has 0 bridgehead atoms. The Morgan fingerprint density at radius 3 is 2.64 bits per heavy atom. The maximum absolute atomic E-state index is 9.02. The van der Waals surface area contributed by atoms with Crippen molar-refractivity contribution in [3.05, 3.63) is 48.6 Å². The first-order valence-corrected chi connectivity index (χ1v) is 4.42. The second kappa shape index (κ2) is 5.12. The van der Waals surface area contributed by atoms with Gasteiger partial charge in [0.15, 0.2) is 0 Å². The molecule has 0 heterocycles. The second-order valence-electron chi connectivity index (χ2n) is 3.05. The van der Waals surface area contributed by atoms with E-state index in [0.717, 1.165) is 11.3 Å². The molecule has 0 aliphatic heterocycles. The number of phenols is 1. The molecule has 0 unspecified atom stereocenters. The molecule has 0 atom stereocenters. The third kappa shape index (κ3) is 3.81. The van der Waals surface area contributed by atoms with Crippen molar-refractivity contribution in [2.75, 3.05) is 6.61 Å². The summed E-state index contributed by atoms with van der Waals surface area (Å²) in [6.45, 7) is 6.18. The molecule has 0 aliphatic rings. The van der Waals surface area contributed by atoms with Crippen LogP contribution in [0.3, 0.4) is 0 Å². The number of benzene rings is 1. The Bertz CT molecular complexity index is 323. The Morgan fingerprint density at radius 2 is 2.07 bits per heavy atom. The summed E-state index contributed by atoms with van der Waals surface area (Å²) in [5.41, 5.74) is 0.999. The predicted molar refractivity (Wildman–Crippen MR) is 57.6 cm³/mol. The van der Waals surface area contributed by atoms with E-state index in [1.165, 1.54) is 0 Å². The second-order valence-corrected chi connectivity index (χ2v) is 3.05. The molecule has 1 aromatic rings. The third-order valence-corrected chi connectivity index (χ3v) is 1.59. The van der Waals surface area contributed by atoms with Crippen molar-refractivity contribution < 1.29 is 9.84 Å². The van der Waals surface area contributed by atoms with E-state index < -0.39 is 0 Å². The largest absolute Gasteiger partial charge is 0.508 e. The lowest BCUT2D eigenvalue weighted by molar-refractivity contribution is 0.361. The van der Waals surface area contributed by atoms with Gasteiger partial charge in [-0.15, -0.1) is 0 Å². The zero-order valence-corrected chi connectivity index (χ0v) is 8.23. The number of hydrogen-bond donors (Lipinski definition) is 1. The highest BCUT2D eigenvalue weighted by atomic mass is 16.5. The Balaban J connectivity index is 2.39. The van der Waals surface area contributed by atoms with Gasteiger partial charge in [-0.25, -0.2) is 0 Å². The van der Waals surface area contributed by atoms with E-state index in [9.17, 15) is 0 Å². The topological polar surface area (TPSA) is 29.5 Å². The van der Waals surface area contributed by atoms with Crippen molar-refractivity contribution in [3.63, 3.8) is 0 Å². The molecule has 0 fully saturated rings. The lowest BCUT2D eigenvalue weighted by Crippen LogP contribution is -1.92. The first-order valence-electron chi connectivity index (χ1n) is 4.42. The van der Waals surface area contributed by atoms with Gasteiger partial charge >= 0.3 is 0 Å². The molecule has 1 N–H and O–H groups in total. The van der Waals surface area contributed by atoms with Gasteiger partial charge < -0.3 is 9.84 Å². The molecule has 2 nitrogen and oxygen atoms in total. The standard InChI is InChI=1S/C12H14O2/c1-10(2)4-3-9-14-12-7-5-11(13)6-8-12/h3-8,13H,1,9H2,2H3/b4-3+. The van der Waals surface area contributed by atoms with E-state index >= 15 is 0 Å². The predicted octanol–water partition coefficient (Wildman–Crippen LogP) is 2.90. The Kier molecular flexibility index (Phi) is 3.80. The van der Waals surface area contributed by atoms with Crippen molar-refractivity contribution in [2.45, 2.75) is 6.92 Å². The zero-order valence-electron chi connectivity index (χ0n) is 8.23. The SMILES string of the molecule is C=C(C)/C=C/COc1ccc(O)cc1. The third-order valence-electron chi connectivity index (χ3n) is 1.59. The zero-order chi connectivity index (χ0) is 10.4. The molecule has 2 heteroatoms. The maximum atomic E-state index is 9.02. The minimum absolute atomic E-state index is 0.245. The normalized spacial score (nSPS) is 10.4. The van der Waals surface area contributed by atoms with Gasteiger partial charge in [0, 0.05) is 0 Å². The van der Waals surface area contributed by atoms with Crippen LogP contribution in [0.1, 0.15) is 6.92 Å². The number of hydrogen-bond acceptors (Lipinski definition) is 2. The van der Waals surface area contributed by atoms with Gasteiger partial charge in [0.05, 0.1) is 0 Å². The smallest absolute Gasteiger partial charge is 0.120 e. The summed E-state index contributed by atoms with van der Waals surface area (Å²) >= 11 is 0. The van der Waals surface area contributed by atoms with E-state index in [-0.39, 0.29) is 5.75 Å². The fraction of sp³-hybridized carbons (Fsp3) is 0.167. The summed E-state index contributed by atoms with van der Waals surface area (Å²) in [6, 6.07) is 6.64. The van der Waals surface area contributed by atoms with Crippen molar-refractivity contribution in [2.24, 2.45) is 0 Å². The van der Waals surface area contributed by atoms with Crippen LogP contribution in [0.2, 0.25) is 0 Å². The van der Waals surface area contributed by atoms with Crippen LogP contribution in [0.25, 0.3) is 0 Å². The highest BCUT2D eigenvalue weighted by Crippen LogP contribution is 2.15. The minimum atomic E-state index is 0.245. The molecule has 0 aromatic heterocycles. The number of phenolic OH excluding ortho intramolecular Hbond substituents is 1. The molecular weight excluding hydrogens is 176 g/mol. The van der Waals surface area contributed by atoms with Crippen LogP contribution >= 0.6 is 0 Å². The monoisotopic (exact) mass is 190 g/mol. The molecule has 0 amide bonds. The van der Waals surface area contributed by atoms with E-state index in [4.69, 9.17) is 9.84 Å². The molecule has 1 aromatic carbocycles. The number of rotatable bonds is 4. The van der Waals surface area contributed by atoms with Crippen molar-refractivity contribution in [1.82, 2.24) is 0 Å². The van der Waals surface area contributed by atoms with E-state index in [0.29, 0.717) is 6.61 Å². The summed E-state index contributed by atoms with van der Waals surface area (Å²) in [7, 11) is 0. The van der Waals surface area contributed by atoms with Crippen molar-refractivity contribution in [3.8, 4) is 11.5 Å². The lowest BCUT2D eigenvalue weighted by atomic mass is 10.3. The maximum Gasteiger partial charge on any atom is 0.120 e. The lowest BCUT2D eigenvalue weighted by Gasteiger charge is -2.02. The fourth-order valence-corrected chi connectivity index (χ4v) is 0.936. The average Bonchev–Trinajstić information content (AvgIpc) is 2.15. The molecular formula is C12H14O2. The van der Waals surface area contributed by atoms with E-state index in [2.05, 4.69) is 6.58 Å². The van der Waals surface area contributed by atoms with E-state index in [1.54, 1.807) is 24.3 Å². The van der Waals surface area contributed by atoms with Gasteiger partial charge in [-0.1, -0.05) is 18.2 Å². The average molecular weight is 190 g/mol. The highest BCUT2D eigenvalue weighted by Gasteiger charge is 1.90. The van der Waals surface area contributed by atoms with Crippen molar-refractivity contribution in [1.29, 1.82) is 0 Å². The van der Waals surface area contributed by atoms with Crippen LogP contribution in [0.15, 0.2) is 48.6 Å². The fourth-order valence-electron chi connectivity index (χ4n) is 0.936. The molecule has 14 heavy (non-hydrogen) atoms. The van der Waals surface area contributed by atoms with Gasteiger partial charge in [-0.05, 0) is 37.3 Å². The molecule has 0 radical (unpaired) electrons. The van der Waals surface area contributed by atoms with Crippen LogP contribution in [0, 0.1) is 0 Å². The molecule has 0 aliphatic carbocycles. The number of aromatic hydroxyl groups is 1. The molecule has 0 saturated heterocycles. The quantitative estimate of drug-likeness (QED) is 0.740. The highest BCUT2D eigenvalue weighted by molar-refractivity contribution is 5.30. The van der Waals surface area contributed by atoms with Gasteiger partial charge in [0.1, 0.15) is 18.1 Å². The van der Waals surface area contributed by atoms with Gasteiger partial charge in [-0.3, -0.25) is 0 Å². The summed E-state index contributed by atoms with van der Waals surface area (Å²) in [6.07, 6.45) is 3.80. The summed E-state index contributed by atoms with van der Waals surface area (Å²) < 4.78 is 5.37. The number of allylic oxidation sites excluding steroid dienone is 2. The summed E-state index contributed by atoms with van der Waals surface area (Å²) in [4.78, 5) is 0. The van der Waals surface area contributed by atoms with Crippen LogP contribution in [-0.2, 0) is 0 Å². The Morgan fingerprint density at radius 1 is 1.43 bits per heavy atom.